The minimum atomic E-state index is -0.596. The predicted octanol–water partition coefficient (Wildman–Crippen LogP) is 1.79. The molecular formula is C19H29N5O2. The summed E-state index contributed by atoms with van der Waals surface area (Å²) in [6, 6.07) is 4.40. The molecule has 0 aromatic carbocycles. The first kappa shape index (κ1) is 18.9. The van der Waals surface area contributed by atoms with Gasteiger partial charge in [0.05, 0.1) is 24.9 Å². The fourth-order valence-corrected chi connectivity index (χ4v) is 4.01. The number of rotatable bonds is 5. The molecule has 7 heteroatoms. The number of aromatic nitrogens is 1. The SMILES string of the molecule is Cc1cc(CN2CCN(CC(=O)N(C)C3(C#N)CCCCC3)CC2)on1. The largest absolute Gasteiger partial charge is 0.360 e. The summed E-state index contributed by atoms with van der Waals surface area (Å²) in [5, 5.41) is 13.6. The molecule has 0 atom stereocenters. The molecule has 1 aromatic rings. The molecule has 1 aromatic heterocycles. The molecule has 0 bridgehead atoms. The monoisotopic (exact) mass is 359 g/mol. The van der Waals surface area contributed by atoms with Crippen LogP contribution in [-0.4, -0.2) is 71.1 Å². The number of nitrogens with zero attached hydrogens (tertiary/aromatic N) is 5. The van der Waals surface area contributed by atoms with Crippen LogP contribution < -0.4 is 0 Å². The number of carbonyl (C=O) groups excluding carboxylic acids is 1. The lowest BCUT2D eigenvalue weighted by atomic mass is 9.81. The number of aryl methyl sites for hydroxylation is 1. The Balaban J connectivity index is 1.47. The Morgan fingerprint density at radius 1 is 1.27 bits per heavy atom. The number of nitriles is 1. The van der Waals surface area contributed by atoms with Gasteiger partial charge in [-0.25, -0.2) is 0 Å². The first-order chi connectivity index (χ1) is 12.5. The van der Waals surface area contributed by atoms with Crippen molar-refractivity contribution in [1.29, 1.82) is 5.26 Å². The van der Waals surface area contributed by atoms with Crippen molar-refractivity contribution in [3.05, 3.63) is 17.5 Å². The lowest BCUT2D eigenvalue weighted by Gasteiger charge is -2.40. The lowest BCUT2D eigenvalue weighted by Crippen LogP contribution is -2.54. The van der Waals surface area contributed by atoms with Gasteiger partial charge in [0.25, 0.3) is 0 Å². The van der Waals surface area contributed by atoms with E-state index in [1.807, 2.05) is 13.0 Å². The van der Waals surface area contributed by atoms with Gasteiger partial charge in [-0.05, 0) is 19.8 Å². The van der Waals surface area contributed by atoms with Crippen LogP contribution in [0.25, 0.3) is 0 Å². The van der Waals surface area contributed by atoms with E-state index in [1.54, 1.807) is 11.9 Å². The van der Waals surface area contributed by atoms with Gasteiger partial charge in [0.15, 0.2) is 5.76 Å². The van der Waals surface area contributed by atoms with E-state index in [2.05, 4.69) is 21.0 Å². The molecule has 1 saturated heterocycles. The lowest BCUT2D eigenvalue weighted by molar-refractivity contribution is -0.136. The Hall–Kier alpha value is -1.91. The van der Waals surface area contributed by atoms with Crippen LogP contribution in [0.5, 0.6) is 0 Å². The fraction of sp³-hybridized carbons (Fsp3) is 0.737. The standard InChI is InChI=1S/C19H29N5O2/c1-16-12-17(26-21-16)13-23-8-10-24(11-9-23)14-18(25)22(2)19(15-20)6-4-3-5-7-19/h12H,3-11,13-14H2,1-2H3. The van der Waals surface area contributed by atoms with Crippen LogP contribution in [-0.2, 0) is 11.3 Å². The molecule has 2 heterocycles. The summed E-state index contributed by atoms with van der Waals surface area (Å²) >= 11 is 0. The molecule has 1 aliphatic heterocycles. The van der Waals surface area contributed by atoms with Crippen molar-refractivity contribution in [3.63, 3.8) is 0 Å². The normalized spacial score (nSPS) is 21.3. The second-order valence-corrected chi connectivity index (χ2v) is 7.64. The number of likely N-dealkylation sites (N-methyl/N-ethyl adjacent to an activating group) is 1. The Morgan fingerprint density at radius 2 is 1.92 bits per heavy atom. The van der Waals surface area contributed by atoms with Gasteiger partial charge in [-0.2, -0.15) is 5.26 Å². The minimum absolute atomic E-state index is 0.0627. The van der Waals surface area contributed by atoms with E-state index >= 15 is 0 Å². The van der Waals surface area contributed by atoms with E-state index < -0.39 is 5.54 Å². The Labute approximate surface area is 155 Å². The molecular weight excluding hydrogens is 330 g/mol. The van der Waals surface area contributed by atoms with Crippen LogP contribution >= 0.6 is 0 Å². The molecule has 7 nitrogen and oxygen atoms in total. The van der Waals surface area contributed by atoms with Gasteiger partial charge >= 0.3 is 0 Å². The second kappa shape index (κ2) is 8.19. The minimum Gasteiger partial charge on any atom is -0.360 e. The zero-order valence-electron chi connectivity index (χ0n) is 15.9. The zero-order valence-corrected chi connectivity index (χ0v) is 15.9. The molecule has 1 amide bonds. The predicted molar refractivity (Wildman–Crippen MR) is 97.2 cm³/mol. The van der Waals surface area contributed by atoms with Crippen molar-refractivity contribution >= 4 is 5.91 Å². The number of amides is 1. The van der Waals surface area contributed by atoms with E-state index in [4.69, 9.17) is 4.52 Å². The number of carbonyl (C=O) groups is 1. The molecule has 0 unspecified atom stereocenters. The van der Waals surface area contributed by atoms with Gasteiger partial charge in [0.2, 0.25) is 5.91 Å². The van der Waals surface area contributed by atoms with Gasteiger partial charge in [-0.1, -0.05) is 24.4 Å². The van der Waals surface area contributed by atoms with Gasteiger partial charge in [0, 0.05) is 39.3 Å². The summed E-state index contributed by atoms with van der Waals surface area (Å²) in [6.45, 7) is 6.60. The summed E-state index contributed by atoms with van der Waals surface area (Å²) in [7, 11) is 1.80. The number of hydrogen-bond donors (Lipinski definition) is 0. The smallest absolute Gasteiger partial charge is 0.237 e. The second-order valence-electron chi connectivity index (χ2n) is 7.64. The van der Waals surface area contributed by atoms with Crippen LogP contribution in [0, 0.1) is 18.3 Å². The van der Waals surface area contributed by atoms with Gasteiger partial charge in [0.1, 0.15) is 5.54 Å². The van der Waals surface area contributed by atoms with E-state index in [-0.39, 0.29) is 5.91 Å². The Kier molecular flexibility index (Phi) is 5.94. The highest BCUT2D eigenvalue weighted by atomic mass is 16.5. The highest BCUT2D eigenvalue weighted by Gasteiger charge is 2.39. The topological polar surface area (TPSA) is 76.6 Å². The first-order valence-electron chi connectivity index (χ1n) is 9.57. The zero-order chi connectivity index (χ0) is 18.6. The molecule has 2 fully saturated rings. The molecule has 1 saturated carbocycles. The van der Waals surface area contributed by atoms with Gasteiger partial charge in [-0.3, -0.25) is 14.6 Å². The molecule has 3 rings (SSSR count). The van der Waals surface area contributed by atoms with Crippen molar-refractivity contribution in [2.75, 3.05) is 39.8 Å². The van der Waals surface area contributed by atoms with Gasteiger partial charge < -0.3 is 9.42 Å². The van der Waals surface area contributed by atoms with Gasteiger partial charge in [-0.15, -0.1) is 0 Å². The third-order valence-electron chi connectivity index (χ3n) is 5.78. The van der Waals surface area contributed by atoms with Crippen LogP contribution in [0.4, 0.5) is 0 Å². The van der Waals surface area contributed by atoms with Crippen molar-refractivity contribution in [3.8, 4) is 6.07 Å². The molecule has 0 spiro atoms. The summed E-state index contributed by atoms with van der Waals surface area (Å²) in [5.41, 5.74) is 0.308. The number of hydrogen-bond acceptors (Lipinski definition) is 6. The first-order valence-corrected chi connectivity index (χ1v) is 9.57. The fourth-order valence-electron chi connectivity index (χ4n) is 4.01. The summed E-state index contributed by atoms with van der Waals surface area (Å²) in [4.78, 5) is 19.0. The molecule has 26 heavy (non-hydrogen) atoms. The van der Waals surface area contributed by atoms with Crippen molar-refractivity contribution in [2.24, 2.45) is 0 Å². The van der Waals surface area contributed by atoms with Crippen LogP contribution in [0.3, 0.4) is 0 Å². The van der Waals surface area contributed by atoms with Crippen LogP contribution in [0.15, 0.2) is 10.6 Å². The van der Waals surface area contributed by atoms with Crippen LogP contribution in [0.1, 0.15) is 43.6 Å². The molecule has 1 aliphatic carbocycles. The average molecular weight is 359 g/mol. The summed E-state index contributed by atoms with van der Waals surface area (Å²) in [6.07, 6.45) is 4.83. The van der Waals surface area contributed by atoms with Crippen molar-refractivity contribution in [2.45, 2.75) is 51.1 Å². The van der Waals surface area contributed by atoms with Crippen LogP contribution in [0.2, 0.25) is 0 Å². The highest BCUT2D eigenvalue weighted by molar-refractivity contribution is 5.79. The van der Waals surface area contributed by atoms with E-state index in [0.29, 0.717) is 6.54 Å². The molecule has 2 aliphatic rings. The van der Waals surface area contributed by atoms with Crippen molar-refractivity contribution in [1.82, 2.24) is 19.9 Å². The summed E-state index contributed by atoms with van der Waals surface area (Å²) < 4.78 is 5.28. The maximum atomic E-state index is 12.7. The van der Waals surface area contributed by atoms with E-state index in [0.717, 1.165) is 76.3 Å². The quantitative estimate of drug-likeness (QED) is 0.798. The molecule has 0 radical (unpaired) electrons. The maximum Gasteiger partial charge on any atom is 0.237 e. The summed E-state index contributed by atoms with van der Waals surface area (Å²) in [5.74, 6) is 0.952. The van der Waals surface area contributed by atoms with E-state index in [1.165, 1.54) is 0 Å². The molecule has 142 valence electrons. The van der Waals surface area contributed by atoms with Crippen molar-refractivity contribution < 1.29 is 9.32 Å². The third kappa shape index (κ3) is 4.25. The maximum absolute atomic E-state index is 12.7. The Morgan fingerprint density at radius 3 is 2.50 bits per heavy atom. The average Bonchev–Trinajstić information content (AvgIpc) is 3.08. The highest BCUT2D eigenvalue weighted by Crippen LogP contribution is 2.32. The third-order valence-corrected chi connectivity index (χ3v) is 5.78. The number of piperazine rings is 1. The van der Waals surface area contributed by atoms with E-state index in [9.17, 15) is 10.1 Å². The Bertz CT molecular complexity index is 651. The molecule has 0 N–H and O–H groups in total.